The first-order chi connectivity index (χ1) is 22.5. The van der Waals surface area contributed by atoms with Crippen LogP contribution in [0.25, 0.3) is 0 Å². The molecular formula is C36H46O11. The summed E-state index contributed by atoms with van der Waals surface area (Å²) in [5.74, 6) is -5.45. The molecule has 9 fully saturated rings. The lowest BCUT2D eigenvalue weighted by Crippen LogP contribution is -2.57. The molecule has 9 rings (SSSR count). The fourth-order valence-electron chi connectivity index (χ4n) is 11.8. The third-order valence-corrected chi connectivity index (χ3v) is 13.8. The van der Waals surface area contributed by atoms with Crippen molar-refractivity contribution in [2.45, 2.75) is 96.4 Å². The molecule has 3 saturated heterocycles. The third-order valence-electron chi connectivity index (χ3n) is 13.8. The Labute approximate surface area is 274 Å². The molecule has 0 aromatic carbocycles. The lowest BCUT2D eigenvalue weighted by molar-refractivity contribution is -0.198. The fourth-order valence-corrected chi connectivity index (χ4v) is 11.8. The van der Waals surface area contributed by atoms with Gasteiger partial charge in [-0.3, -0.25) is 28.8 Å². The summed E-state index contributed by atoms with van der Waals surface area (Å²) in [5.41, 5.74) is -0.773. The van der Waals surface area contributed by atoms with Gasteiger partial charge in [-0.1, -0.05) is 13.8 Å². The van der Waals surface area contributed by atoms with Crippen molar-refractivity contribution in [1.29, 1.82) is 0 Å². The first-order valence-electron chi connectivity index (χ1n) is 18.0. The van der Waals surface area contributed by atoms with Crippen LogP contribution < -0.4 is 0 Å². The number of rotatable bonds is 9. The van der Waals surface area contributed by atoms with Gasteiger partial charge in [-0.15, -0.1) is 0 Å². The molecule has 6 aliphatic carbocycles. The van der Waals surface area contributed by atoms with E-state index in [1.54, 1.807) is 6.92 Å². The normalized spacial score (nSPS) is 45.8. The quantitative estimate of drug-likeness (QED) is 0.203. The fraction of sp³-hybridized carbons (Fsp3) is 0.833. The Morgan fingerprint density at radius 1 is 0.894 bits per heavy atom. The highest BCUT2D eigenvalue weighted by molar-refractivity contribution is 5.98. The summed E-state index contributed by atoms with van der Waals surface area (Å²) < 4.78 is 28.6. The van der Waals surface area contributed by atoms with Crippen molar-refractivity contribution in [3.63, 3.8) is 0 Å². The molecule has 0 aromatic rings. The summed E-state index contributed by atoms with van der Waals surface area (Å²) in [6.45, 7) is 4.62. The van der Waals surface area contributed by atoms with E-state index >= 15 is 0 Å². The lowest BCUT2D eigenvalue weighted by Gasteiger charge is -2.54. The van der Waals surface area contributed by atoms with Gasteiger partial charge >= 0.3 is 29.8 Å². The number of hydrogen-bond donors (Lipinski definition) is 0. The summed E-state index contributed by atoms with van der Waals surface area (Å²) in [4.78, 5) is 79.7. The van der Waals surface area contributed by atoms with Crippen molar-refractivity contribution in [1.82, 2.24) is 0 Å². The number of ketones is 1. The number of Topliss-reactive ketones (excluding diaryl/α,β-unsaturated/α-hetero) is 1. The van der Waals surface area contributed by atoms with Crippen molar-refractivity contribution < 1.29 is 52.5 Å². The molecule has 0 aromatic heterocycles. The minimum atomic E-state index is -1.10. The monoisotopic (exact) mass is 654 g/mol. The Morgan fingerprint density at radius 2 is 1.66 bits per heavy atom. The van der Waals surface area contributed by atoms with Crippen LogP contribution in [0.4, 0.5) is 0 Å². The second-order valence-electron chi connectivity index (χ2n) is 16.3. The molecular weight excluding hydrogens is 608 g/mol. The van der Waals surface area contributed by atoms with Gasteiger partial charge in [0.1, 0.15) is 11.4 Å². The van der Waals surface area contributed by atoms with Gasteiger partial charge in [0.25, 0.3) is 0 Å². The van der Waals surface area contributed by atoms with Crippen molar-refractivity contribution in [3.8, 4) is 0 Å². The molecule has 0 amide bonds. The van der Waals surface area contributed by atoms with Gasteiger partial charge < -0.3 is 23.7 Å². The van der Waals surface area contributed by atoms with Gasteiger partial charge in [0.15, 0.2) is 0 Å². The zero-order chi connectivity index (χ0) is 32.8. The van der Waals surface area contributed by atoms with E-state index in [2.05, 4.69) is 6.92 Å². The number of fused-ring (bicyclic) bond motifs is 5. The maximum atomic E-state index is 14.4. The minimum absolute atomic E-state index is 0.0306. The van der Waals surface area contributed by atoms with Gasteiger partial charge in [0, 0.05) is 24.2 Å². The van der Waals surface area contributed by atoms with E-state index < -0.39 is 59.4 Å². The summed E-state index contributed by atoms with van der Waals surface area (Å²) in [7, 11) is 0. The van der Waals surface area contributed by atoms with E-state index in [1.807, 2.05) is 0 Å². The van der Waals surface area contributed by atoms with Crippen LogP contribution in [0.1, 0.15) is 84.5 Å². The topological polar surface area (TPSA) is 149 Å². The molecule has 6 bridgehead atoms. The lowest BCUT2D eigenvalue weighted by atomic mass is 9.53. The van der Waals surface area contributed by atoms with Crippen molar-refractivity contribution in [2.24, 2.45) is 76.9 Å². The molecule has 3 aliphatic heterocycles. The Balaban J connectivity index is 1.08. The first kappa shape index (κ1) is 31.4. The van der Waals surface area contributed by atoms with E-state index in [9.17, 15) is 28.8 Å². The highest BCUT2D eigenvalue weighted by Gasteiger charge is 2.63. The van der Waals surface area contributed by atoms with E-state index in [1.165, 1.54) is 0 Å². The van der Waals surface area contributed by atoms with E-state index in [0.29, 0.717) is 51.2 Å². The molecule has 47 heavy (non-hydrogen) atoms. The van der Waals surface area contributed by atoms with E-state index in [4.69, 9.17) is 23.7 Å². The SMILES string of the molecule is CC1C(=O)OC(=O)C1C(CC(CC1C(C)C2CC1C1COC(=O)C21)C(=O)OC1CCCCO1)C(=O)OC12CC3CC(C1)C(=O)C(C3)C2. The molecule has 11 nitrogen and oxygen atoms in total. The zero-order valence-electron chi connectivity index (χ0n) is 27.3. The molecule has 6 saturated carbocycles. The Morgan fingerprint density at radius 3 is 2.34 bits per heavy atom. The van der Waals surface area contributed by atoms with E-state index in [-0.39, 0.29) is 65.5 Å². The summed E-state index contributed by atoms with van der Waals surface area (Å²) in [5, 5.41) is 0. The number of carbonyl (C=O) groups is 6. The van der Waals surface area contributed by atoms with Crippen LogP contribution in [0.15, 0.2) is 0 Å². The van der Waals surface area contributed by atoms with Crippen LogP contribution in [-0.4, -0.2) is 60.7 Å². The van der Waals surface area contributed by atoms with E-state index in [0.717, 1.165) is 32.1 Å². The van der Waals surface area contributed by atoms with Gasteiger partial charge in [-0.05, 0) is 93.8 Å². The Kier molecular flexibility index (Phi) is 7.80. The van der Waals surface area contributed by atoms with Crippen LogP contribution in [0.2, 0.25) is 0 Å². The Bertz CT molecular complexity index is 1350. The molecule has 11 heteroatoms. The summed E-state index contributed by atoms with van der Waals surface area (Å²) >= 11 is 0. The summed E-state index contributed by atoms with van der Waals surface area (Å²) in [6.07, 6.45) is 6.29. The number of carbonyl (C=O) groups excluding carboxylic acids is 6. The van der Waals surface area contributed by atoms with Crippen LogP contribution in [0.3, 0.4) is 0 Å². The maximum absolute atomic E-state index is 14.4. The number of hydrogen-bond acceptors (Lipinski definition) is 11. The molecule has 0 N–H and O–H groups in total. The molecule has 13 atom stereocenters. The van der Waals surface area contributed by atoms with Crippen molar-refractivity contribution in [2.75, 3.05) is 13.2 Å². The second kappa shape index (κ2) is 11.7. The second-order valence-corrected chi connectivity index (χ2v) is 16.3. The zero-order valence-corrected chi connectivity index (χ0v) is 27.3. The van der Waals surface area contributed by atoms with Gasteiger partial charge in [0.05, 0.1) is 42.8 Å². The average molecular weight is 655 g/mol. The van der Waals surface area contributed by atoms with Gasteiger partial charge in [-0.25, -0.2) is 0 Å². The molecule has 3 heterocycles. The minimum Gasteiger partial charge on any atom is -0.465 e. The summed E-state index contributed by atoms with van der Waals surface area (Å²) in [6, 6.07) is 0. The molecule has 13 unspecified atom stereocenters. The maximum Gasteiger partial charge on any atom is 0.318 e. The van der Waals surface area contributed by atoms with Crippen LogP contribution >= 0.6 is 0 Å². The standard InChI is InChI=1S/C36H46O11/c1-16-22(24-11-23(16)29-26(24)15-44-34(29)41)9-19(32(39)45-27-5-3-4-6-43-27)10-25(28-17(2)31(38)46-35(28)42)33(40)47-36-12-18-7-20(13-36)30(37)21(8-18)14-36/h16-29H,3-15H2,1-2H3. The smallest absolute Gasteiger partial charge is 0.318 e. The highest BCUT2D eigenvalue weighted by atomic mass is 16.7. The predicted molar refractivity (Wildman–Crippen MR) is 159 cm³/mol. The molecule has 0 radical (unpaired) electrons. The molecule has 256 valence electrons. The number of cyclic esters (lactones) is 3. The van der Waals surface area contributed by atoms with Gasteiger partial charge in [0.2, 0.25) is 6.29 Å². The number of esters is 5. The highest BCUT2D eigenvalue weighted by Crippen LogP contribution is 2.62. The van der Waals surface area contributed by atoms with Crippen molar-refractivity contribution >= 4 is 35.6 Å². The van der Waals surface area contributed by atoms with Crippen LogP contribution in [-0.2, 0) is 52.5 Å². The average Bonchev–Trinajstić information content (AvgIpc) is 3.75. The third kappa shape index (κ3) is 5.24. The largest absolute Gasteiger partial charge is 0.465 e. The van der Waals surface area contributed by atoms with Crippen LogP contribution in [0, 0.1) is 76.9 Å². The number of ether oxygens (including phenoxy) is 5. The van der Waals surface area contributed by atoms with Gasteiger partial charge in [-0.2, -0.15) is 0 Å². The first-order valence-corrected chi connectivity index (χ1v) is 18.0. The predicted octanol–water partition coefficient (Wildman–Crippen LogP) is 3.79. The van der Waals surface area contributed by atoms with Crippen LogP contribution in [0.5, 0.6) is 0 Å². The molecule has 0 spiro atoms. The Hall–Kier alpha value is -2.82. The molecule has 9 aliphatic rings. The van der Waals surface area contributed by atoms with Crippen molar-refractivity contribution in [3.05, 3.63) is 0 Å².